The number of aryl methyl sites for hydroxylation is 1. The number of hydrogen-bond donors (Lipinski definition) is 0. The number of piperidine rings is 1. The Morgan fingerprint density at radius 2 is 2.11 bits per heavy atom. The van der Waals surface area contributed by atoms with Crippen LogP contribution in [0.5, 0.6) is 0 Å². The summed E-state index contributed by atoms with van der Waals surface area (Å²) in [5.41, 5.74) is 2.21. The summed E-state index contributed by atoms with van der Waals surface area (Å²) in [6.07, 6.45) is 8.74. The van der Waals surface area contributed by atoms with Crippen molar-refractivity contribution < 1.29 is 4.79 Å². The Kier molecular flexibility index (Phi) is 5.16. The molecule has 0 unspecified atom stereocenters. The molecule has 2 aromatic rings. The maximum Gasteiger partial charge on any atom is 0.257 e. The number of carbonyl (C=O) groups is 1. The standard InChI is InChI=1S/C21H27N5O/c1-3-9-25-12-16-6-7-18(25)14-26(13-16)21(27)19-11-23-20(24-15(19)2)17-5-4-8-22-10-17/h4-5,8,10-11,16,18H,3,6-7,9,12-14H2,1-2H3/t16-,18-/m1/s1. The molecule has 142 valence electrons. The lowest BCUT2D eigenvalue weighted by atomic mass is 9.95. The van der Waals surface area contributed by atoms with Crippen molar-refractivity contribution in [2.24, 2.45) is 5.92 Å². The molecule has 0 aliphatic carbocycles. The van der Waals surface area contributed by atoms with Crippen LogP contribution < -0.4 is 0 Å². The highest BCUT2D eigenvalue weighted by atomic mass is 16.2. The van der Waals surface area contributed by atoms with E-state index in [2.05, 4.69) is 26.8 Å². The average Bonchev–Trinajstić information content (AvgIpc) is 3.00. The monoisotopic (exact) mass is 365 g/mol. The normalized spacial score (nSPS) is 22.7. The van der Waals surface area contributed by atoms with Gasteiger partial charge in [0, 0.05) is 49.8 Å². The molecule has 2 aromatic heterocycles. The average molecular weight is 365 g/mol. The fourth-order valence-corrected chi connectivity index (χ4v) is 4.39. The number of hydrogen-bond acceptors (Lipinski definition) is 5. The minimum atomic E-state index is 0.0699. The van der Waals surface area contributed by atoms with E-state index in [1.54, 1.807) is 18.6 Å². The number of rotatable bonds is 4. The third kappa shape index (κ3) is 3.72. The van der Waals surface area contributed by atoms with Gasteiger partial charge < -0.3 is 4.90 Å². The fourth-order valence-electron chi connectivity index (χ4n) is 4.39. The highest BCUT2D eigenvalue weighted by molar-refractivity contribution is 5.95. The van der Waals surface area contributed by atoms with E-state index in [1.165, 1.54) is 19.3 Å². The molecule has 2 atom stereocenters. The lowest BCUT2D eigenvalue weighted by molar-refractivity contribution is 0.0736. The summed E-state index contributed by atoms with van der Waals surface area (Å²) in [6, 6.07) is 4.28. The third-order valence-electron chi connectivity index (χ3n) is 5.75. The topological polar surface area (TPSA) is 62.2 Å². The molecule has 3 fully saturated rings. The van der Waals surface area contributed by atoms with Crippen LogP contribution in [0.2, 0.25) is 0 Å². The van der Waals surface area contributed by atoms with E-state index in [0.29, 0.717) is 23.3 Å². The zero-order valence-electron chi connectivity index (χ0n) is 16.1. The summed E-state index contributed by atoms with van der Waals surface area (Å²) in [4.78, 5) is 31.0. The second kappa shape index (κ2) is 7.72. The van der Waals surface area contributed by atoms with E-state index in [1.807, 2.05) is 24.0 Å². The van der Waals surface area contributed by atoms with Gasteiger partial charge in [-0.25, -0.2) is 9.97 Å². The molecular weight excluding hydrogens is 338 g/mol. The first-order valence-electron chi connectivity index (χ1n) is 9.93. The molecule has 0 N–H and O–H groups in total. The summed E-state index contributed by atoms with van der Waals surface area (Å²) in [7, 11) is 0. The van der Waals surface area contributed by atoms with E-state index < -0.39 is 0 Å². The molecule has 0 saturated carbocycles. The first kappa shape index (κ1) is 18.0. The molecule has 3 aliphatic rings. The van der Waals surface area contributed by atoms with Gasteiger partial charge in [-0.15, -0.1) is 0 Å². The van der Waals surface area contributed by atoms with Gasteiger partial charge in [-0.3, -0.25) is 14.7 Å². The summed E-state index contributed by atoms with van der Waals surface area (Å²) >= 11 is 0. The highest BCUT2D eigenvalue weighted by Gasteiger charge is 2.36. The van der Waals surface area contributed by atoms with Gasteiger partial charge in [0.1, 0.15) is 0 Å². The number of aromatic nitrogens is 3. The summed E-state index contributed by atoms with van der Waals surface area (Å²) in [6.45, 7) is 8.04. The van der Waals surface area contributed by atoms with Gasteiger partial charge in [-0.05, 0) is 50.8 Å². The van der Waals surface area contributed by atoms with Crippen LogP contribution in [0.4, 0.5) is 0 Å². The van der Waals surface area contributed by atoms with Gasteiger partial charge in [0.25, 0.3) is 5.91 Å². The second-order valence-corrected chi connectivity index (χ2v) is 7.74. The number of pyridine rings is 1. The minimum absolute atomic E-state index is 0.0699. The molecule has 5 heterocycles. The maximum atomic E-state index is 13.2. The van der Waals surface area contributed by atoms with Crippen molar-refractivity contribution >= 4 is 5.91 Å². The van der Waals surface area contributed by atoms with Gasteiger partial charge in [-0.1, -0.05) is 6.92 Å². The number of carbonyl (C=O) groups excluding carboxylic acids is 1. The van der Waals surface area contributed by atoms with Crippen molar-refractivity contribution in [1.29, 1.82) is 0 Å². The van der Waals surface area contributed by atoms with Gasteiger partial charge in [0.2, 0.25) is 0 Å². The van der Waals surface area contributed by atoms with E-state index in [4.69, 9.17) is 0 Å². The molecule has 0 aromatic carbocycles. The predicted octanol–water partition coefficient (Wildman–Crippen LogP) is 2.79. The van der Waals surface area contributed by atoms with E-state index >= 15 is 0 Å². The van der Waals surface area contributed by atoms with Crippen LogP contribution in [-0.2, 0) is 0 Å². The Balaban J connectivity index is 1.54. The Morgan fingerprint density at radius 1 is 1.22 bits per heavy atom. The maximum absolute atomic E-state index is 13.2. The molecule has 3 aliphatic heterocycles. The molecule has 27 heavy (non-hydrogen) atoms. The van der Waals surface area contributed by atoms with Crippen LogP contribution >= 0.6 is 0 Å². The van der Waals surface area contributed by atoms with Gasteiger partial charge in [0.05, 0.1) is 11.3 Å². The molecule has 1 amide bonds. The largest absolute Gasteiger partial charge is 0.337 e. The lowest BCUT2D eigenvalue weighted by Crippen LogP contribution is -2.44. The number of amides is 1. The minimum Gasteiger partial charge on any atom is -0.337 e. The van der Waals surface area contributed by atoms with Crippen molar-refractivity contribution in [3.63, 3.8) is 0 Å². The number of nitrogens with zero attached hydrogens (tertiary/aromatic N) is 5. The lowest BCUT2D eigenvalue weighted by Gasteiger charge is -2.35. The van der Waals surface area contributed by atoms with E-state index in [-0.39, 0.29) is 5.91 Å². The Hall–Kier alpha value is -2.34. The van der Waals surface area contributed by atoms with Crippen molar-refractivity contribution in [2.45, 2.75) is 39.2 Å². The Morgan fingerprint density at radius 3 is 2.85 bits per heavy atom. The smallest absolute Gasteiger partial charge is 0.257 e. The van der Waals surface area contributed by atoms with Crippen molar-refractivity contribution in [3.8, 4) is 11.4 Å². The quantitative estimate of drug-likeness (QED) is 0.834. The first-order chi connectivity index (χ1) is 13.2. The summed E-state index contributed by atoms with van der Waals surface area (Å²) in [5.74, 6) is 1.26. The second-order valence-electron chi connectivity index (χ2n) is 7.74. The molecular formula is C21H27N5O. The predicted molar refractivity (Wildman–Crippen MR) is 104 cm³/mol. The highest BCUT2D eigenvalue weighted by Crippen LogP contribution is 2.29. The number of fused-ring (bicyclic) bond motifs is 4. The SMILES string of the molecule is CCCN1C[C@H]2CC[C@@H]1CN(C(=O)c1cnc(-c3cccnc3)nc1C)C2. The van der Waals surface area contributed by atoms with Crippen LogP contribution in [0.15, 0.2) is 30.7 Å². The van der Waals surface area contributed by atoms with Crippen LogP contribution in [-0.4, -0.2) is 62.9 Å². The Bertz CT molecular complexity index is 809. The van der Waals surface area contributed by atoms with Gasteiger partial charge >= 0.3 is 0 Å². The van der Waals surface area contributed by atoms with Crippen LogP contribution in [0, 0.1) is 12.8 Å². The van der Waals surface area contributed by atoms with Crippen molar-refractivity contribution in [3.05, 3.63) is 42.0 Å². The zero-order chi connectivity index (χ0) is 18.8. The molecule has 0 radical (unpaired) electrons. The summed E-state index contributed by atoms with van der Waals surface area (Å²) < 4.78 is 0. The van der Waals surface area contributed by atoms with Crippen LogP contribution in [0.1, 0.15) is 42.2 Å². The van der Waals surface area contributed by atoms with Gasteiger partial charge in [-0.2, -0.15) is 0 Å². The van der Waals surface area contributed by atoms with Gasteiger partial charge in [0.15, 0.2) is 5.82 Å². The molecule has 2 bridgehead atoms. The molecule has 3 saturated heterocycles. The molecule has 5 rings (SSSR count). The van der Waals surface area contributed by atoms with E-state index in [9.17, 15) is 4.79 Å². The third-order valence-corrected chi connectivity index (χ3v) is 5.75. The molecule has 6 heteroatoms. The zero-order valence-corrected chi connectivity index (χ0v) is 16.1. The summed E-state index contributed by atoms with van der Waals surface area (Å²) in [5, 5.41) is 0. The molecule has 0 spiro atoms. The fraction of sp³-hybridized carbons (Fsp3) is 0.524. The molecule has 6 nitrogen and oxygen atoms in total. The first-order valence-corrected chi connectivity index (χ1v) is 9.93. The van der Waals surface area contributed by atoms with Crippen LogP contribution in [0.25, 0.3) is 11.4 Å². The van der Waals surface area contributed by atoms with Crippen molar-refractivity contribution in [1.82, 2.24) is 24.8 Å². The van der Waals surface area contributed by atoms with Crippen molar-refractivity contribution in [2.75, 3.05) is 26.2 Å². The Labute approximate surface area is 160 Å². The van der Waals surface area contributed by atoms with E-state index in [0.717, 1.165) is 37.4 Å². The van der Waals surface area contributed by atoms with Crippen LogP contribution in [0.3, 0.4) is 0 Å².